The molecule has 114 valence electrons. The third-order valence-corrected chi connectivity index (χ3v) is 5.14. The van der Waals surface area contributed by atoms with Gasteiger partial charge >= 0.3 is 6.18 Å². The van der Waals surface area contributed by atoms with E-state index in [2.05, 4.69) is 10.3 Å². The fourth-order valence-electron chi connectivity index (χ4n) is 1.18. The Balaban J connectivity index is 2.79. The number of nitrogens with zero attached hydrogens (tertiary/aromatic N) is 3. The van der Waals surface area contributed by atoms with E-state index < -0.39 is 32.2 Å². The van der Waals surface area contributed by atoms with Gasteiger partial charge in [-0.15, -0.1) is 5.10 Å². The fraction of sp³-hybridized carbons (Fsp3) is 0.700. The first kappa shape index (κ1) is 16.6. The molecule has 0 aliphatic rings. The molecule has 0 saturated carbocycles. The highest BCUT2D eigenvalue weighted by atomic mass is 32.2. The first-order valence-corrected chi connectivity index (χ1v) is 7.24. The Morgan fingerprint density at radius 3 is 2.30 bits per heavy atom. The van der Waals surface area contributed by atoms with Crippen molar-refractivity contribution < 1.29 is 26.4 Å². The second-order valence-electron chi connectivity index (χ2n) is 5.12. The number of hydrogen-bond acceptors (Lipinski definition) is 5. The van der Waals surface area contributed by atoms with Crippen LogP contribution in [0.15, 0.2) is 6.20 Å². The normalized spacial score (nSPS) is 13.5. The van der Waals surface area contributed by atoms with Crippen molar-refractivity contribution in [2.45, 2.75) is 38.2 Å². The van der Waals surface area contributed by atoms with Gasteiger partial charge in [-0.25, -0.2) is 8.42 Å². The number of rotatable bonds is 4. The standard InChI is InChI=1S/C10H14F3N3O3S/c1-9(2,3)20(18,19)5-4-16-6-7(14-15-16)8(17)10(11,12)13/h6H,4-5H2,1-3H3. The maximum atomic E-state index is 12.2. The molecule has 0 spiro atoms. The molecule has 0 saturated heterocycles. The molecule has 0 aliphatic heterocycles. The van der Waals surface area contributed by atoms with E-state index in [0.29, 0.717) is 0 Å². The Hall–Kier alpha value is -1.45. The summed E-state index contributed by atoms with van der Waals surface area (Å²) in [6.07, 6.45) is -4.24. The molecule has 1 aromatic heterocycles. The van der Waals surface area contributed by atoms with Gasteiger partial charge in [-0.05, 0) is 20.8 Å². The molecule has 0 fully saturated rings. The van der Waals surface area contributed by atoms with E-state index in [1.54, 1.807) is 0 Å². The molecule has 1 rings (SSSR count). The van der Waals surface area contributed by atoms with Crippen LogP contribution in [0.2, 0.25) is 0 Å². The van der Waals surface area contributed by atoms with Crippen LogP contribution in [0.3, 0.4) is 0 Å². The minimum Gasteiger partial charge on any atom is -0.282 e. The van der Waals surface area contributed by atoms with Gasteiger partial charge in [-0.1, -0.05) is 5.21 Å². The van der Waals surface area contributed by atoms with Gasteiger partial charge in [0, 0.05) is 0 Å². The minimum atomic E-state index is -5.03. The summed E-state index contributed by atoms with van der Waals surface area (Å²) in [5.41, 5.74) is -0.856. The zero-order valence-corrected chi connectivity index (χ0v) is 11.9. The number of halogens is 3. The molecule has 0 unspecified atom stereocenters. The highest BCUT2D eigenvalue weighted by molar-refractivity contribution is 7.92. The van der Waals surface area contributed by atoms with Crippen LogP contribution in [0.1, 0.15) is 31.3 Å². The van der Waals surface area contributed by atoms with Crippen LogP contribution in [-0.4, -0.2) is 45.9 Å². The third kappa shape index (κ3) is 3.78. The van der Waals surface area contributed by atoms with Crippen molar-refractivity contribution in [1.82, 2.24) is 15.0 Å². The molecule has 0 radical (unpaired) electrons. The monoisotopic (exact) mass is 313 g/mol. The Kier molecular flexibility index (Phi) is 4.28. The van der Waals surface area contributed by atoms with Crippen molar-refractivity contribution in [2.24, 2.45) is 0 Å². The van der Waals surface area contributed by atoms with E-state index in [9.17, 15) is 26.4 Å². The molecule has 0 aliphatic carbocycles. The van der Waals surface area contributed by atoms with Gasteiger partial charge in [0.25, 0.3) is 5.78 Å². The average Bonchev–Trinajstić information content (AvgIpc) is 2.71. The first-order chi connectivity index (χ1) is 8.84. The third-order valence-electron chi connectivity index (χ3n) is 2.55. The molecule has 0 amide bonds. The SMILES string of the molecule is CC(C)(C)S(=O)(=O)CCn1cc(C(=O)C(F)(F)F)nn1. The summed E-state index contributed by atoms with van der Waals surface area (Å²) in [6, 6.07) is 0. The molecule has 0 N–H and O–H groups in total. The average molecular weight is 313 g/mol. The molecular formula is C10H14F3N3O3S. The van der Waals surface area contributed by atoms with Gasteiger partial charge in [0.15, 0.2) is 15.5 Å². The van der Waals surface area contributed by atoms with E-state index in [-0.39, 0.29) is 12.3 Å². The number of alkyl halides is 3. The van der Waals surface area contributed by atoms with Crippen LogP contribution in [0, 0.1) is 0 Å². The molecule has 0 bridgehead atoms. The van der Waals surface area contributed by atoms with Crippen molar-refractivity contribution >= 4 is 15.6 Å². The number of Topliss-reactive ketones (excluding diaryl/α,β-unsaturated/α-hetero) is 1. The second kappa shape index (κ2) is 5.15. The van der Waals surface area contributed by atoms with Crippen molar-refractivity contribution in [3.8, 4) is 0 Å². The topological polar surface area (TPSA) is 81.9 Å². The van der Waals surface area contributed by atoms with E-state index in [4.69, 9.17) is 0 Å². The second-order valence-corrected chi connectivity index (χ2v) is 7.99. The summed E-state index contributed by atoms with van der Waals surface area (Å²) in [4.78, 5) is 10.9. The maximum Gasteiger partial charge on any atom is 0.456 e. The zero-order chi connectivity index (χ0) is 15.8. The molecule has 6 nitrogen and oxygen atoms in total. The molecule has 10 heteroatoms. The van der Waals surface area contributed by atoms with Gasteiger partial charge < -0.3 is 0 Å². The number of hydrogen-bond donors (Lipinski definition) is 0. The number of sulfone groups is 1. The van der Waals surface area contributed by atoms with Crippen molar-refractivity contribution in [3.05, 3.63) is 11.9 Å². The van der Waals surface area contributed by atoms with Crippen LogP contribution < -0.4 is 0 Å². The Bertz CT molecular complexity index is 599. The summed E-state index contributed by atoms with van der Waals surface area (Å²) < 4.78 is 60.0. The van der Waals surface area contributed by atoms with Crippen LogP contribution in [0.4, 0.5) is 13.2 Å². The lowest BCUT2D eigenvalue weighted by molar-refractivity contribution is -0.0888. The smallest absolute Gasteiger partial charge is 0.282 e. The lowest BCUT2D eigenvalue weighted by atomic mass is 10.3. The van der Waals surface area contributed by atoms with E-state index >= 15 is 0 Å². The summed E-state index contributed by atoms with van der Waals surface area (Å²) in [7, 11) is -3.43. The molecule has 0 aromatic carbocycles. The molecule has 1 aromatic rings. The fourth-order valence-corrected chi connectivity index (χ4v) is 2.22. The minimum absolute atomic E-state index is 0.169. The van der Waals surface area contributed by atoms with E-state index in [0.717, 1.165) is 10.9 Å². The number of aryl methyl sites for hydroxylation is 1. The highest BCUT2D eigenvalue weighted by Gasteiger charge is 2.41. The highest BCUT2D eigenvalue weighted by Crippen LogP contribution is 2.20. The largest absolute Gasteiger partial charge is 0.456 e. The lowest BCUT2D eigenvalue weighted by Gasteiger charge is -2.18. The van der Waals surface area contributed by atoms with Crippen molar-refractivity contribution in [2.75, 3.05) is 5.75 Å². The van der Waals surface area contributed by atoms with Gasteiger partial charge in [0.05, 0.1) is 23.2 Å². The molecule has 0 atom stereocenters. The molecular weight excluding hydrogens is 299 g/mol. The lowest BCUT2D eigenvalue weighted by Crippen LogP contribution is -2.32. The summed E-state index contributed by atoms with van der Waals surface area (Å²) in [5, 5.41) is 6.41. The summed E-state index contributed by atoms with van der Waals surface area (Å²) in [5.74, 6) is -2.41. The Labute approximate surface area is 113 Å². The van der Waals surface area contributed by atoms with Gasteiger partial charge in [0.2, 0.25) is 0 Å². The molecule has 20 heavy (non-hydrogen) atoms. The van der Waals surface area contributed by atoms with Crippen LogP contribution >= 0.6 is 0 Å². The zero-order valence-electron chi connectivity index (χ0n) is 11.1. The Morgan fingerprint density at radius 1 is 1.30 bits per heavy atom. The van der Waals surface area contributed by atoms with Crippen molar-refractivity contribution in [3.63, 3.8) is 0 Å². The predicted molar refractivity (Wildman–Crippen MR) is 63.9 cm³/mol. The van der Waals surface area contributed by atoms with Gasteiger partial charge in [-0.3, -0.25) is 9.48 Å². The maximum absolute atomic E-state index is 12.2. The number of aromatic nitrogens is 3. The van der Waals surface area contributed by atoms with Gasteiger partial charge in [-0.2, -0.15) is 13.2 Å². The van der Waals surface area contributed by atoms with E-state index in [1.165, 1.54) is 20.8 Å². The van der Waals surface area contributed by atoms with Gasteiger partial charge in [0.1, 0.15) is 0 Å². The number of carbonyl (C=O) groups excluding carboxylic acids is 1. The number of ketones is 1. The van der Waals surface area contributed by atoms with Crippen LogP contribution in [0.25, 0.3) is 0 Å². The Morgan fingerprint density at radius 2 is 1.85 bits per heavy atom. The van der Waals surface area contributed by atoms with Crippen molar-refractivity contribution in [1.29, 1.82) is 0 Å². The quantitative estimate of drug-likeness (QED) is 0.781. The first-order valence-electron chi connectivity index (χ1n) is 5.58. The van der Waals surface area contributed by atoms with Crippen LogP contribution in [0.5, 0.6) is 0 Å². The summed E-state index contributed by atoms with van der Waals surface area (Å²) in [6.45, 7) is 4.38. The predicted octanol–water partition coefficient (Wildman–Crippen LogP) is 1.24. The molecule has 1 heterocycles. The van der Waals surface area contributed by atoms with E-state index in [1.807, 2.05) is 0 Å². The summed E-state index contributed by atoms with van der Waals surface area (Å²) >= 11 is 0. The number of carbonyl (C=O) groups is 1. The van der Waals surface area contributed by atoms with Crippen LogP contribution in [-0.2, 0) is 16.4 Å².